The highest BCUT2D eigenvalue weighted by molar-refractivity contribution is 7.15. The summed E-state index contributed by atoms with van der Waals surface area (Å²) in [6.07, 6.45) is 4.13. The first kappa shape index (κ1) is 15.1. The third kappa shape index (κ3) is 2.44. The number of fused-ring (bicyclic) bond motifs is 1. The Morgan fingerprint density at radius 3 is 3.00 bits per heavy atom. The summed E-state index contributed by atoms with van der Waals surface area (Å²) in [4.78, 5) is 17.5. The Labute approximate surface area is 141 Å². The third-order valence-electron chi connectivity index (χ3n) is 4.35. The number of ether oxygens (including phenoxy) is 1. The van der Waals surface area contributed by atoms with Gasteiger partial charge in [0.1, 0.15) is 11.4 Å². The Balaban J connectivity index is 1.58. The summed E-state index contributed by atoms with van der Waals surface area (Å²) in [6.45, 7) is 0. The number of benzene rings is 1. The molecular weight excluding hydrogens is 328 g/mol. The molecule has 0 spiro atoms. The number of nitrogens with one attached hydrogen (secondary N) is 2. The molecule has 1 fully saturated rings. The molecule has 2 aromatic heterocycles. The Morgan fingerprint density at radius 1 is 1.46 bits per heavy atom. The van der Waals surface area contributed by atoms with Crippen LogP contribution in [0, 0.1) is 0 Å². The molecule has 4 rings (SSSR count). The number of anilines is 1. The summed E-state index contributed by atoms with van der Waals surface area (Å²) >= 11 is 1.30. The zero-order valence-electron chi connectivity index (χ0n) is 13.0. The summed E-state index contributed by atoms with van der Waals surface area (Å²) in [5, 5.41) is 21.1. The quantitative estimate of drug-likeness (QED) is 0.675. The lowest BCUT2D eigenvalue weighted by Crippen LogP contribution is -2.32. The van der Waals surface area contributed by atoms with Crippen molar-refractivity contribution in [3.63, 3.8) is 0 Å². The molecule has 0 unspecified atom stereocenters. The molecule has 0 atom stereocenters. The van der Waals surface area contributed by atoms with Crippen molar-refractivity contribution in [2.75, 3.05) is 12.4 Å². The van der Waals surface area contributed by atoms with E-state index in [9.17, 15) is 9.90 Å². The van der Waals surface area contributed by atoms with Gasteiger partial charge in [-0.3, -0.25) is 15.2 Å². The van der Waals surface area contributed by atoms with Gasteiger partial charge in [0.05, 0.1) is 17.5 Å². The predicted molar refractivity (Wildman–Crippen MR) is 90.5 cm³/mol. The third-order valence-corrected chi connectivity index (χ3v) is 5.46. The van der Waals surface area contributed by atoms with E-state index >= 15 is 0 Å². The average Bonchev–Trinajstić information content (AvgIpc) is 3.18. The van der Waals surface area contributed by atoms with Crippen molar-refractivity contribution < 1.29 is 14.6 Å². The maximum atomic E-state index is 12.5. The number of aromatic amines is 1. The fraction of sp³-hybridized carbons (Fsp3) is 0.312. The van der Waals surface area contributed by atoms with Crippen LogP contribution in [0.3, 0.4) is 0 Å². The molecule has 2 heterocycles. The normalized spacial score (nSPS) is 15.9. The van der Waals surface area contributed by atoms with Crippen molar-refractivity contribution in [2.24, 2.45) is 0 Å². The number of carbonyl (C=O) groups excluding carboxylic acids is 1. The number of hydrogen-bond acceptors (Lipinski definition) is 6. The van der Waals surface area contributed by atoms with Crippen molar-refractivity contribution >= 4 is 33.3 Å². The molecule has 1 aromatic carbocycles. The number of aromatic nitrogens is 3. The molecule has 1 saturated carbocycles. The highest BCUT2D eigenvalue weighted by Crippen LogP contribution is 2.44. The molecule has 1 aliphatic carbocycles. The van der Waals surface area contributed by atoms with Crippen LogP contribution in [0.2, 0.25) is 0 Å². The molecule has 1 aliphatic rings. The molecule has 0 aliphatic heterocycles. The zero-order valence-corrected chi connectivity index (χ0v) is 13.8. The smallest absolute Gasteiger partial charge is 0.278 e. The Morgan fingerprint density at radius 2 is 2.29 bits per heavy atom. The molecule has 3 aromatic rings. The van der Waals surface area contributed by atoms with Crippen LogP contribution < -0.4 is 10.1 Å². The maximum absolute atomic E-state index is 12.5. The number of H-pyrrole nitrogens is 1. The molecule has 24 heavy (non-hydrogen) atoms. The second-order valence-electron chi connectivity index (χ2n) is 5.85. The lowest BCUT2D eigenvalue weighted by Gasteiger charge is -2.35. The van der Waals surface area contributed by atoms with Gasteiger partial charge >= 0.3 is 0 Å². The first-order chi connectivity index (χ1) is 11.6. The van der Waals surface area contributed by atoms with Gasteiger partial charge in [-0.1, -0.05) is 11.3 Å². The average molecular weight is 344 g/mol. The van der Waals surface area contributed by atoms with Crippen molar-refractivity contribution in [3.05, 3.63) is 35.0 Å². The summed E-state index contributed by atoms with van der Waals surface area (Å²) < 4.78 is 5.19. The molecular formula is C16H16N4O3S. The summed E-state index contributed by atoms with van der Waals surface area (Å²) in [6, 6.07) is 5.37. The van der Waals surface area contributed by atoms with Crippen LogP contribution in [0.15, 0.2) is 24.4 Å². The number of methoxy groups -OCH3 is 1. The highest BCUT2D eigenvalue weighted by Gasteiger charge is 2.38. The predicted octanol–water partition coefficient (Wildman–Crippen LogP) is 2.65. The molecule has 3 N–H and O–H groups in total. The number of nitrogens with zero attached hydrogens (tertiary/aromatic N) is 2. The van der Waals surface area contributed by atoms with Crippen LogP contribution in [-0.4, -0.2) is 33.3 Å². The van der Waals surface area contributed by atoms with Gasteiger partial charge < -0.3 is 9.84 Å². The van der Waals surface area contributed by atoms with E-state index in [2.05, 4.69) is 20.5 Å². The second-order valence-corrected chi connectivity index (χ2v) is 6.88. The largest absolute Gasteiger partial charge is 0.497 e. The van der Waals surface area contributed by atoms with E-state index < -0.39 is 5.60 Å². The van der Waals surface area contributed by atoms with E-state index in [0.29, 0.717) is 16.3 Å². The van der Waals surface area contributed by atoms with E-state index in [1.54, 1.807) is 25.4 Å². The van der Waals surface area contributed by atoms with Gasteiger partial charge in [-0.25, -0.2) is 4.98 Å². The minimum Gasteiger partial charge on any atom is -0.497 e. The Bertz CT molecular complexity index is 913. The lowest BCUT2D eigenvalue weighted by molar-refractivity contribution is -0.0356. The van der Waals surface area contributed by atoms with Crippen LogP contribution in [0.5, 0.6) is 5.75 Å². The monoisotopic (exact) mass is 344 g/mol. The second kappa shape index (κ2) is 5.57. The first-order valence-electron chi connectivity index (χ1n) is 7.61. The fourth-order valence-electron chi connectivity index (χ4n) is 2.75. The van der Waals surface area contributed by atoms with Gasteiger partial charge in [0.15, 0.2) is 10.8 Å². The van der Waals surface area contributed by atoms with Gasteiger partial charge in [-0.15, -0.1) is 0 Å². The number of carbonyl (C=O) groups is 1. The molecule has 124 valence electrons. The van der Waals surface area contributed by atoms with Crippen molar-refractivity contribution in [1.82, 2.24) is 15.2 Å². The molecule has 1 amide bonds. The summed E-state index contributed by atoms with van der Waals surface area (Å²) in [5.41, 5.74) is 0.264. The Hall–Kier alpha value is -2.45. The van der Waals surface area contributed by atoms with Gasteiger partial charge in [0.25, 0.3) is 5.91 Å². The van der Waals surface area contributed by atoms with E-state index in [-0.39, 0.29) is 11.6 Å². The number of aliphatic hydroxyl groups is 1. The molecule has 0 radical (unpaired) electrons. The van der Waals surface area contributed by atoms with Gasteiger partial charge in [-0.2, -0.15) is 5.10 Å². The Kier molecular flexibility index (Phi) is 3.50. The number of hydrogen-bond donors (Lipinski definition) is 3. The van der Waals surface area contributed by atoms with Crippen LogP contribution in [0.1, 0.15) is 34.6 Å². The molecule has 0 bridgehead atoms. The molecule has 0 saturated heterocycles. The van der Waals surface area contributed by atoms with Crippen molar-refractivity contribution in [3.8, 4) is 5.75 Å². The standard InChI is InChI=1S/C16H16N4O3S/c1-23-9-3-4-11-10(7-9)13(20-19-11)14(21)18-15-17-8-12(24-15)16(22)5-2-6-16/h3-4,7-8,22H,2,5-6H2,1H3,(H,19,20)(H,17,18,21). The molecule has 8 heteroatoms. The number of thiazole rings is 1. The summed E-state index contributed by atoms with van der Waals surface area (Å²) in [5.74, 6) is 0.303. The SMILES string of the molecule is COc1ccc2[nH]nc(C(=O)Nc3ncc(C4(O)CCC4)s3)c2c1. The van der Waals surface area contributed by atoms with Gasteiger partial charge in [-0.05, 0) is 37.5 Å². The minimum atomic E-state index is -0.771. The first-order valence-corrected chi connectivity index (χ1v) is 8.43. The maximum Gasteiger partial charge on any atom is 0.278 e. The fourth-order valence-corrected chi connectivity index (χ4v) is 3.71. The molecule has 7 nitrogen and oxygen atoms in total. The lowest BCUT2D eigenvalue weighted by atomic mass is 9.79. The minimum absolute atomic E-state index is 0.281. The topological polar surface area (TPSA) is 100 Å². The van der Waals surface area contributed by atoms with E-state index in [4.69, 9.17) is 4.74 Å². The van der Waals surface area contributed by atoms with Crippen LogP contribution in [0.25, 0.3) is 10.9 Å². The van der Waals surface area contributed by atoms with Crippen LogP contribution in [-0.2, 0) is 5.60 Å². The number of amides is 1. The van der Waals surface area contributed by atoms with Crippen molar-refractivity contribution in [1.29, 1.82) is 0 Å². The van der Waals surface area contributed by atoms with E-state index in [1.807, 2.05) is 6.07 Å². The van der Waals surface area contributed by atoms with Gasteiger partial charge in [0.2, 0.25) is 0 Å². The summed E-state index contributed by atoms with van der Waals surface area (Å²) in [7, 11) is 1.57. The van der Waals surface area contributed by atoms with Gasteiger partial charge in [0, 0.05) is 11.6 Å². The van der Waals surface area contributed by atoms with E-state index in [0.717, 1.165) is 29.7 Å². The highest BCUT2D eigenvalue weighted by atomic mass is 32.1. The van der Waals surface area contributed by atoms with Crippen LogP contribution in [0.4, 0.5) is 5.13 Å². The van der Waals surface area contributed by atoms with Crippen LogP contribution >= 0.6 is 11.3 Å². The van der Waals surface area contributed by atoms with E-state index in [1.165, 1.54) is 11.3 Å². The van der Waals surface area contributed by atoms with Crippen molar-refractivity contribution in [2.45, 2.75) is 24.9 Å². The zero-order chi connectivity index (χ0) is 16.7. The number of rotatable bonds is 4.